The van der Waals surface area contributed by atoms with Crippen molar-refractivity contribution in [3.8, 4) is 5.69 Å². The van der Waals surface area contributed by atoms with Gasteiger partial charge in [-0.1, -0.05) is 18.2 Å². The Morgan fingerprint density at radius 3 is 2.18 bits per heavy atom. The summed E-state index contributed by atoms with van der Waals surface area (Å²) in [7, 11) is -11.6. The molecule has 1 aromatic heterocycles. The monoisotopic (exact) mass is 685 g/mol. The van der Waals surface area contributed by atoms with E-state index in [1.54, 1.807) is 11.9 Å². The lowest BCUT2D eigenvalue weighted by atomic mass is 10.1. The Morgan fingerprint density at radius 2 is 1.57 bits per heavy atom. The number of sulfone groups is 1. The van der Waals surface area contributed by atoms with Gasteiger partial charge in [0, 0.05) is 29.6 Å². The lowest BCUT2D eigenvalue weighted by molar-refractivity contribution is 0.375. The molecule has 0 saturated carbocycles. The van der Waals surface area contributed by atoms with Crippen LogP contribution in [0.5, 0.6) is 0 Å². The molecule has 0 aliphatic heterocycles. The maximum Gasteiger partial charge on any atom is 0.299 e. The molecule has 4 aromatic rings. The minimum atomic E-state index is -5.00. The number of azo groups is 1. The fourth-order valence-corrected chi connectivity index (χ4v) is 7.58. The molecule has 0 amide bonds. The number of aromatic nitrogens is 2. The van der Waals surface area contributed by atoms with Gasteiger partial charge >= 0.3 is 0 Å². The Kier molecular flexibility index (Phi) is 9.81. The lowest BCUT2D eigenvalue weighted by Crippen LogP contribution is -2.27. The van der Waals surface area contributed by atoms with Gasteiger partial charge in [0.25, 0.3) is 25.8 Å². The molecule has 3 aromatic carbocycles. The second-order valence-corrected chi connectivity index (χ2v) is 15.1. The number of rotatable bonds is 12. The molecule has 0 radical (unpaired) electrons. The summed E-state index contributed by atoms with van der Waals surface area (Å²) in [6, 6.07) is 11.2. The van der Waals surface area contributed by atoms with Gasteiger partial charge in [-0.3, -0.25) is 19.0 Å². The van der Waals surface area contributed by atoms with E-state index < -0.39 is 51.1 Å². The SMILES string of the molecule is Cc1[nH]n(-c2ccc(S(=O)(=O)CCN(C)CCSO)cc2)c(=O)c1N=Nc1ccc2c(S(=O)(=O)O)cccc2c1S(=O)(=O)O. The molecule has 19 heteroatoms. The third-order valence-electron chi connectivity index (χ3n) is 6.55. The molecule has 1 heterocycles. The quantitative estimate of drug-likeness (QED) is 0.0955. The van der Waals surface area contributed by atoms with E-state index in [1.807, 2.05) is 0 Å². The minimum Gasteiger partial charge on any atom is -0.330 e. The van der Waals surface area contributed by atoms with Gasteiger partial charge in [-0.15, -0.1) is 10.2 Å². The summed E-state index contributed by atoms with van der Waals surface area (Å²) < 4.78 is 103. The summed E-state index contributed by atoms with van der Waals surface area (Å²) in [6.45, 7) is 2.27. The van der Waals surface area contributed by atoms with E-state index in [1.165, 1.54) is 49.4 Å². The number of fused-ring (bicyclic) bond motifs is 1. The lowest BCUT2D eigenvalue weighted by Gasteiger charge is -2.15. The van der Waals surface area contributed by atoms with Gasteiger partial charge in [0.2, 0.25) is 0 Å². The molecule has 0 aliphatic rings. The van der Waals surface area contributed by atoms with Crippen LogP contribution in [0.25, 0.3) is 16.5 Å². The summed E-state index contributed by atoms with van der Waals surface area (Å²) in [5.74, 6) is 0.293. The van der Waals surface area contributed by atoms with Gasteiger partial charge in [0.1, 0.15) is 15.5 Å². The first-order valence-corrected chi connectivity index (χ1v) is 18.0. The van der Waals surface area contributed by atoms with E-state index in [4.69, 9.17) is 4.55 Å². The van der Waals surface area contributed by atoms with Gasteiger partial charge < -0.3 is 9.45 Å². The van der Waals surface area contributed by atoms with Gasteiger partial charge in [0.15, 0.2) is 15.5 Å². The van der Waals surface area contributed by atoms with Crippen molar-refractivity contribution in [1.82, 2.24) is 14.7 Å². The molecule has 0 saturated heterocycles. The summed E-state index contributed by atoms with van der Waals surface area (Å²) in [6.07, 6.45) is 0. The zero-order valence-corrected chi connectivity index (χ0v) is 26.4. The van der Waals surface area contributed by atoms with Crippen LogP contribution in [-0.4, -0.2) is 85.2 Å². The molecular weight excluding hydrogens is 659 g/mol. The van der Waals surface area contributed by atoms with E-state index in [-0.39, 0.29) is 45.0 Å². The van der Waals surface area contributed by atoms with Crippen LogP contribution >= 0.6 is 12.0 Å². The van der Waals surface area contributed by atoms with Gasteiger partial charge in [-0.05, 0) is 62.4 Å². The van der Waals surface area contributed by atoms with Crippen LogP contribution in [-0.2, 0) is 30.1 Å². The first kappa shape index (κ1) is 33.5. The van der Waals surface area contributed by atoms with Crippen LogP contribution in [0, 0.1) is 6.92 Å². The number of aromatic amines is 1. The van der Waals surface area contributed by atoms with Crippen molar-refractivity contribution in [3.63, 3.8) is 0 Å². The second-order valence-electron chi connectivity index (χ2n) is 9.59. The highest BCUT2D eigenvalue weighted by atomic mass is 32.2. The van der Waals surface area contributed by atoms with E-state index in [0.29, 0.717) is 24.3 Å². The fraction of sp³-hybridized carbons (Fsp3) is 0.240. The first-order valence-electron chi connectivity index (χ1n) is 12.6. The van der Waals surface area contributed by atoms with Crippen LogP contribution < -0.4 is 5.56 Å². The molecule has 0 fully saturated rings. The van der Waals surface area contributed by atoms with Gasteiger partial charge in [-0.25, -0.2) is 13.1 Å². The molecule has 236 valence electrons. The Morgan fingerprint density at radius 1 is 0.886 bits per heavy atom. The highest BCUT2D eigenvalue weighted by Gasteiger charge is 2.24. The molecule has 0 spiro atoms. The van der Waals surface area contributed by atoms with Crippen LogP contribution in [0.3, 0.4) is 0 Å². The zero-order valence-electron chi connectivity index (χ0n) is 23.1. The van der Waals surface area contributed by atoms with E-state index in [0.717, 1.165) is 16.8 Å². The summed E-state index contributed by atoms with van der Waals surface area (Å²) >= 11 is 0.673. The highest BCUT2D eigenvalue weighted by molar-refractivity contribution is 7.93. The van der Waals surface area contributed by atoms with Crippen molar-refractivity contribution >= 4 is 64.3 Å². The molecule has 15 nitrogen and oxygen atoms in total. The number of nitrogens with one attached hydrogen (secondary N) is 1. The molecule has 0 bridgehead atoms. The topological polar surface area (TPSA) is 229 Å². The van der Waals surface area contributed by atoms with Crippen molar-refractivity contribution in [2.24, 2.45) is 10.2 Å². The molecule has 0 aliphatic carbocycles. The summed E-state index contributed by atoms with van der Waals surface area (Å²) in [5.41, 5.74) is -0.832. The smallest absolute Gasteiger partial charge is 0.299 e. The number of H-pyrrole nitrogens is 1. The predicted molar refractivity (Wildman–Crippen MR) is 164 cm³/mol. The maximum absolute atomic E-state index is 13.2. The zero-order chi connectivity index (χ0) is 32.4. The van der Waals surface area contributed by atoms with Crippen molar-refractivity contribution in [3.05, 3.63) is 70.6 Å². The number of aryl methyl sites for hydroxylation is 1. The van der Waals surface area contributed by atoms with Gasteiger partial charge in [0.05, 0.1) is 22.0 Å². The van der Waals surface area contributed by atoms with E-state index >= 15 is 0 Å². The predicted octanol–water partition coefficient (Wildman–Crippen LogP) is 3.45. The van der Waals surface area contributed by atoms with Crippen molar-refractivity contribution in [1.29, 1.82) is 0 Å². The Labute approximate surface area is 256 Å². The Balaban J connectivity index is 1.66. The number of benzene rings is 3. The Hall–Kier alpha value is -3.43. The largest absolute Gasteiger partial charge is 0.330 e. The number of hydrogen-bond acceptors (Lipinski definition) is 12. The second kappa shape index (κ2) is 12.9. The third kappa shape index (κ3) is 7.26. The normalized spacial score (nSPS) is 13.0. The average molecular weight is 686 g/mol. The molecule has 0 unspecified atom stereocenters. The standard InChI is InChI=1S/C25H27N5O10S4/c1-16-23(27-26-21-11-10-19-20(24(21)44(38,39)40)4-3-5-22(19)43(35,36)37)25(31)30(28-16)17-6-8-18(9-7-17)42(33,34)15-13-29(2)12-14-41-32/h3-11,28,32H,12-15H2,1-2H3,(H,35,36,37)(H,38,39,40). The van der Waals surface area contributed by atoms with Crippen LogP contribution in [0.2, 0.25) is 0 Å². The minimum absolute atomic E-state index is 0.0497. The van der Waals surface area contributed by atoms with E-state index in [2.05, 4.69) is 15.3 Å². The molecule has 4 N–H and O–H groups in total. The van der Waals surface area contributed by atoms with Crippen LogP contribution in [0.1, 0.15) is 5.69 Å². The Bertz CT molecular complexity index is 2120. The molecule has 44 heavy (non-hydrogen) atoms. The van der Waals surface area contributed by atoms with E-state index in [9.17, 15) is 39.2 Å². The molecule has 4 rings (SSSR count). The molecule has 0 atom stereocenters. The first-order chi connectivity index (χ1) is 20.5. The van der Waals surface area contributed by atoms with Crippen molar-refractivity contribution in [2.75, 3.05) is 31.6 Å². The van der Waals surface area contributed by atoms with Crippen LogP contribution in [0.15, 0.2) is 84.3 Å². The molecular formula is C25H27N5O10S4. The van der Waals surface area contributed by atoms with Crippen LogP contribution in [0.4, 0.5) is 11.4 Å². The number of hydrogen-bond donors (Lipinski definition) is 4. The van der Waals surface area contributed by atoms with Crippen molar-refractivity contribution in [2.45, 2.75) is 21.6 Å². The summed E-state index contributed by atoms with van der Waals surface area (Å²) in [5, 5.41) is 10.1. The highest BCUT2D eigenvalue weighted by Crippen LogP contribution is 2.36. The third-order valence-corrected chi connectivity index (χ3v) is 10.5. The average Bonchev–Trinajstić information content (AvgIpc) is 3.24. The number of nitrogens with zero attached hydrogens (tertiary/aromatic N) is 4. The summed E-state index contributed by atoms with van der Waals surface area (Å²) in [4.78, 5) is 13.6. The van der Waals surface area contributed by atoms with Gasteiger partial charge in [-0.2, -0.15) is 16.8 Å². The fourth-order valence-electron chi connectivity index (χ4n) is 4.31. The maximum atomic E-state index is 13.2. The van der Waals surface area contributed by atoms with Crippen molar-refractivity contribution < 1.29 is 38.9 Å².